The maximum atomic E-state index is 6.27. The van der Waals surface area contributed by atoms with Crippen molar-refractivity contribution in [3.63, 3.8) is 0 Å². The van der Waals surface area contributed by atoms with E-state index in [1.54, 1.807) is 0 Å². The Balaban J connectivity index is 0.000000149. The van der Waals surface area contributed by atoms with Gasteiger partial charge in [-0.05, 0) is 155 Å². The summed E-state index contributed by atoms with van der Waals surface area (Å²) in [4.78, 5) is 20.4. The van der Waals surface area contributed by atoms with Crippen LogP contribution in [0.5, 0.6) is 0 Å². The fraction of sp³-hybridized carbons (Fsp3) is 0.0682. The van der Waals surface area contributed by atoms with Crippen LogP contribution in [0.2, 0.25) is 0 Å². The second-order valence-corrected chi connectivity index (χ2v) is 26.5. The fourth-order valence-electron chi connectivity index (χ4n) is 15.4. The predicted molar refractivity (Wildman–Crippen MR) is 400 cm³/mol. The molecule has 0 saturated carbocycles. The SMILES string of the molecule is CC1(C)OB(c2ccc(-c3nc4c5ccccc5c5ccccc5c4c4ccccc34)cc2)OC1(C)C.c1cnc2c(c1)ccc1c(-c3ccc4ccc5cc(-c6ccc(-c7nc8c9ccccc9c9ccccc9c8c8ccccc78)cc6)cc6ccc3c4c56)ccnc12. The van der Waals surface area contributed by atoms with Crippen molar-refractivity contribution in [3.8, 4) is 44.8 Å². The molecule has 7 heteroatoms. The van der Waals surface area contributed by atoms with Gasteiger partial charge in [0, 0.05) is 66.6 Å². The minimum absolute atomic E-state index is 0.365. The van der Waals surface area contributed by atoms with Crippen LogP contribution in [0.25, 0.3) is 185 Å². The zero-order valence-corrected chi connectivity index (χ0v) is 52.8. The summed E-state index contributed by atoms with van der Waals surface area (Å²) in [6, 6.07) is 98.5. The van der Waals surface area contributed by atoms with Crippen LogP contribution in [0.1, 0.15) is 27.7 Å². The largest absolute Gasteiger partial charge is 0.494 e. The first-order valence-corrected chi connectivity index (χ1v) is 32.8. The van der Waals surface area contributed by atoms with Gasteiger partial charge in [0.25, 0.3) is 0 Å². The number of rotatable bonds is 5. The van der Waals surface area contributed by atoms with Crippen molar-refractivity contribution in [1.29, 1.82) is 0 Å². The van der Waals surface area contributed by atoms with E-state index in [9.17, 15) is 0 Å². The Labute approximate surface area is 548 Å². The average Bonchev–Trinajstić information content (AvgIpc) is 1.47. The van der Waals surface area contributed by atoms with Gasteiger partial charge in [-0.3, -0.25) is 9.97 Å². The van der Waals surface area contributed by atoms with Crippen LogP contribution in [0.15, 0.2) is 285 Å². The van der Waals surface area contributed by atoms with Gasteiger partial charge in [-0.2, -0.15) is 0 Å². The van der Waals surface area contributed by atoms with E-state index in [1.807, 2.05) is 18.5 Å². The number of pyridine rings is 4. The van der Waals surface area contributed by atoms with Crippen LogP contribution in [0.4, 0.5) is 0 Å². The molecule has 5 heterocycles. The summed E-state index contributed by atoms with van der Waals surface area (Å²) in [5, 5.41) is 26.8. The van der Waals surface area contributed by atoms with Gasteiger partial charge in [-0.1, -0.05) is 249 Å². The van der Waals surface area contributed by atoms with Gasteiger partial charge in [0.1, 0.15) is 0 Å². The zero-order valence-electron chi connectivity index (χ0n) is 52.8. The Bertz CT molecular complexity index is 6390. The standard InChI is InChI=1S/C55H31N3.C33H28BNO2/c1-3-11-43-39(9-1)40-10-2-5-13-46(40)54-51(43)44-12-4-6-14-47(44)52(58-54)35-18-15-32(16-19-35)38-30-36-20-17-33-21-24-41(45-25-23-37(31-38)49(36)50(33)45)42-27-29-57-55-48(42)26-22-34-8-7-28-56-53(34)55;1-32(2)33(3,4)37-34(36-32)22-19-17-21(18-20-22)30-28-16-10-8-14-26(28)29-25-13-7-5-11-23(25)24-12-6-9-15-27(24)31(29)35-30/h1-31H;5-20H,1-4H3. The van der Waals surface area contributed by atoms with E-state index in [1.165, 1.54) is 119 Å². The molecule has 1 saturated heterocycles. The van der Waals surface area contributed by atoms with E-state index in [0.29, 0.717) is 0 Å². The van der Waals surface area contributed by atoms with E-state index < -0.39 is 0 Å². The van der Waals surface area contributed by atoms with Crippen molar-refractivity contribution >= 4 is 153 Å². The van der Waals surface area contributed by atoms with E-state index in [-0.39, 0.29) is 18.3 Å². The third kappa shape index (κ3) is 8.53. The van der Waals surface area contributed by atoms with Crippen LogP contribution < -0.4 is 5.46 Å². The molecule has 0 amide bonds. The molecule has 1 aliphatic heterocycles. The summed E-state index contributed by atoms with van der Waals surface area (Å²) in [5.41, 5.74) is 13.2. The Morgan fingerprint density at radius 2 is 0.674 bits per heavy atom. The lowest BCUT2D eigenvalue weighted by Gasteiger charge is -2.32. The van der Waals surface area contributed by atoms with Crippen LogP contribution in [-0.2, 0) is 9.31 Å². The molecule has 446 valence electrons. The van der Waals surface area contributed by atoms with Gasteiger partial charge >= 0.3 is 7.12 Å². The monoisotopic (exact) mass is 1210 g/mol. The Morgan fingerprint density at radius 1 is 0.263 bits per heavy atom. The summed E-state index contributed by atoms with van der Waals surface area (Å²) < 4.78 is 12.5. The molecule has 0 spiro atoms. The topological polar surface area (TPSA) is 70.0 Å². The normalized spacial score (nSPS) is 14.0. The van der Waals surface area contributed by atoms with Gasteiger partial charge in [0.05, 0.1) is 44.7 Å². The van der Waals surface area contributed by atoms with E-state index >= 15 is 0 Å². The highest BCUT2D eigenvalue weighted by atomic mass is 16.7. The number of benzene rings is 15. The molecular formula is C88H59BN4O2. The van der Waals surface area contributed by atoms with Crippen molar-refractivity contribution in [3.05, 3.63) is 285 Å². The smallest absolute Gasteiger partial charge is 0.399 e. The number of hydrogen-bond acceptors (Lipinski definition) is 6. The molecular weight excluding hydrogens is 1160 g/mol. The Kier molecular flexibility index (Phi) is 12.2. The molecule has 0 atom stereocenters. The average molecular weight is 1220 g/mol. The molecule has 0 bridgehead atoms. The first kappa shape index (κ1) is 55.2. The second-order valence-electron chi connectivity index (χ2n) is 26.5. The van der Waals surface area contributed by atoms with Gasteiger partial charge in [0.2, 0.25) is 0 Å². The minimum atomic E-state index is -0.379. The molecule has 0 N–H and O–H groups in total. The van der Waals surface area contributed by atoms with Crippen molar-refractivity contribution in [2.24, 2.45) is 0 Å². The maximum absolute atomic E-state index is 6.27. The lowest BCUT2D eigenvalue weighted by atomic mass is 9.78. The molecule has 20 rings (SSSR count). The quantitative estimate of drug-likeness (QED) is 0.126. The Hall–Kier alpha value is -11.5. The molecule has 1 aliphatic rings. The summed E-state index contributed by atoms with van der Waals surface area (Å²) in [6.07, 6.45) is 3.77. The van der Waals surface area contributed by atoms with Crippen molar-refractivity contribution < 1.29 is 9.31 Å². The lowest BCUT2D eigenvalue weighted by Crippen LogP contribution is -2.41. The molecule has 0 unspecified atom stereocenters. The van der Waals surface area contributed by atoms with E-state index in [0.717, 1.165) is 71.6 Å². The van der Waals surface area contributed by atoms with Crippen LogP contribution in [0.3, 0.4) is 0 Å². The molecule has 15 aromatic carbocycles. The summed E-state index contributed by atoms with van der Waals surface area (Å²) in [7, 11) is -0.379. The van der Waals surface area contributed by atoms with Crippen LogP contribution in [0, 0.1) is 0 Å². The van der Waals surface area contributed by atoms with Gasteiger partial charge in [-0.25, -0.2) is 9.97 Å². The Morgan fingerprint density at radius 3 is 1.23 bits per heavy atom. The molecule has 19 aromatic rings. The molecule has 0 aliphatic carbocycles. The first-order valence-electron chi connectivity index (χ1n) is 32.8. The summed E-state index contributed by atoms with van der Waals surface area (Å²) in [6.45, 7) is 8.34. The lowest BCUT2D eigenvalue weighted by molar-refractivity contribution is 0.00578. The fourth-order valence-corrected chi connectivity index (χ4v) is 15.4. The molecule has 0 radical (unpaired) electrons. The number of aromatic nitrogens is 4. The van der Waals surface area contributed by atoms with Crippen LogP contribution >= 0.6 is 0 Å². The summed E-state index contributed by atoms with van der Waals surface area (Å²) >= 11 is 0. The maximum Gasteiger partial charge on any atom is 0.494 e. The number of hydrogen-bond donors (Lipinski definition) is 0. The van der Waals surface area contributed by atoms with Crippen LogP contribution in [-0.4, -0.2) is 38.3 Å². The number of fused-ring (bicyclic) bond motifs is 19. The van der Waals surface area contributed by atoms with Crippen molar-refractivity contribution in [1.82, 2.24) is 19.9 Å². The van der Waals surface area contributed by atoms with Crippen molar-refractivity contribution in [2.45, 2.75) is 38.9 Å². The molecule has 6 nitrogen and oxygen atoms in total. The third-order valence-corrected chi connectivity index (χ3v) is 20.7. The predicted octanol–water partition coefficient (Wildman–Crippen LogP) is 22.3. The second kappa shape index (κ2) is 21.0. The third-order valence-electron chi connectivity index (χ3n) is 20.7. The van der Waals surface area contributed by atoms with E-state index in [4.69, 9.17) is 29.2 Å². The molecule has 1 fully saturated rings. The zero-order chi connectivity index (χ0) is 63.3. The molecule has 95 heavy (non-hydrogen) atoms. The minimum Gasteiger partial charge on any atom is -0.399 e. The van der Waals surface area contributed by atoms with Gasteiger partial charge < -0.3 is 9.31 Å². The summed E-state index contributed by atoms with van der Waals surface area (Å²) in [5.74, 6) is 0. The highest BCUT2D eigenvalue weighted by Crippen LogP contribution is 2.46. The molecule has 4 aromatic heterocycles. The number of nitrogens with zero attached hydrogens (tertiary/aromatic N) is 4. The van der Waals surface area contributed by atoms with Gasteiger partial charge in [0.15, 0.2) is 0 Å². The van der Waals surface area contributed by atoms with Crippen molar-refractivity contribution in [2.75, 3.05) is 0 Å². The van der Waals surface area contributed by atoms with Gasteiger partial charge in [-0.15, -0.1) is 0 Å². The van der Waals surface area contributed by atoms with E-state index in [2.05, 4.69) is 295 Å². The first-order chi connectivity index (χ1) is 46.6. The highest BCUT2D eigenvalue weighted by Gasteiger charge is 2.51. The highest BCUT2D eigenvalue weighted by molar-refractivity contribution is 6.62.